The van der Waals surface area contributed by atoms with Crippen LogP contribution in [0.15, 0.2) is 24.3 Å². The number of hydrogen-bond donors (Lipinski definition) is 0. The molecule has 1 heterocycles. The van der Waals surface area contributed by atoms with Crippen molar-refractivity contribution in [3.8, 4) is 0 Å². The van der Waals surface area contributed by atoms with Gasteiger partial charge in [0.25, 0.3) is 0 Å². The van der Waals surface area contributed by atoms with Crippen LogP contribution in [0.25, 0.3) is 0 Å². The highest BCUT2D eigenvalue weighted by atomic mass is 16.7. The van der Waals surface area contributed by atoms with Crippen LogP contribution < -0.4 is 0 Å². The monoisotopic (exact) mass is 218 g/mol. The highest BCUT2D eigenvalue weighted by Gasteiger charge is 2.51. The molecule has 1 fully saturated rings. The van der Waals surface area contributed by atoms with Crippen LogP contribution in [0.3, 0.4) is 0 Å². The van der Waals surface area contributed by atoms with Gasteiger partial charge in [0, 0.05) is 5.41 Å². The van der Waals surface area contributed by atoms with Gasteiger partial charge in [-0.15, -0.1) is 0 Å². The van der Waals surface area contributed by atoms with Crippen LogP contribution in [-0.4, -0.2) is 12.4 Å². The molecule has 1 saturated heterocycles. The molecule has 0 radical (unpaired) electrons. The largest absolute Gasteiger partial charge is 0.349 e. The Morgan fingerprint density at radius 3 is 2.75 bits per heavy atom. The van der Waals surface area contributed by atoms with Crippen LogP contribution in [-0.2, 0) is 15.9 Å². The molecular formula is C14H18O2. The zero-order chi connectivity index (χ0) is 11.3. The molecule has 1 aliphatic carbocycles. The Hall–Kier alpha value is -0.860. The zero-order valence-corrected chi connectivity index (χ0v) is 10.1. The van der Waals surface area contributed by atoms with Crippen molar-refractivity contribution in [2.45, 2.75) is 45.7 Å². The minimum absolute atomic E-state index is 0.0934. The predicted octanol–water partition coefficient (Wildman–Crippen LogP) is 3.07. The molecule has 0 unspecified atom stereocenters. The van der Waals surface area contributed by atoms with Gasteiger partial charge >= 0.3 is 0 Å². The van der Waals surface area contributed by atoms with E-state index in [1.54, 1.807) is 0 Å². The molecule has 0 N–H and O–H groups in total. The summed E-state index contributed by atoms with van der Waals surface area (Å²) in [4.78, 5) is 0. The molecule has 0 aromatic heterocycles. The second-order valence-electron chi connectivity index (χ2n) is 5.24. The predicted molar refractivity (Wildman–Crippen MR) is 62.1 cm³/mol. The van der Waals surface area contributed by atoms with Crippen molar-refractivity contribution in [2.24, 2.45) is 5.41 Å². The van der Waals surface area contributed by atoms with Crippen molar-refractivity contribution in [3.05, 3.63) is 35.4 Å². The van der Waals surface area contributed by atoms with Gasteiger partial charge in [0.05, 0.1) is 12.2 Å². The van der Waals surface area contributed by atoms with Crippen LogP contribution in [0.5, 0.6) is 0 Å². The first kappa shape index (κ1) is 10.3. The molecule has 0 spiro atoms. The van der Waals surface area contributed by atoms with E-state index in [-0.39, 0.29) is 23.9 Å². The lowest BCUT2D eigenvalue weighted by Crippen LogP contribution is -2.45. The highest BCUT2D eigenvalue weighted by Crippen LogP contribution is 2.53. The van der Waals surface area contributed by atoms with Crippen molar-refractivity contribution < 1.29 is 9.47 Å². The Labute approximate surface area is 96.6 Å². The molecule has 2 aliphatic rings. The van der Waals surface area contributed by atoms with Crippen LogP contribution in [0.4, 0.5) is 0 Å². The lowest BCUT2D eigenvalue weighted by Gasteiger charge is -2.44. The summed E-state index contributed by atoms with van der Waals surface area (Å²) in [7, 11) is 0. The maximum atomic E-state index is 5.99. The number of fused-ring (bicyclic) bond motifs is 3. The standard InChI is InChI=1S/C14H18O2/c1-9-14(3)8-11-6-4-5-7-12(11)13(14)16-10(2)15-9/h4-7,9-10,13H,8H2,1-3H3/t9-,10-,13-,14+/m1/s1. The molecule has 1 aromatic carbocycles. The Kier molecular flexibility index (Phi) is 2.13. The molecule has 2 heteroatoms. The quantitative estimate of drug-likeness (QED) is 0.666. The summed E-state index contributed by atoms with van der Waals surface area (Å²) in [5.74, 6) is 0. The second-order valence-corrected chi connectivity index (χ2v) is 5.24. The van der Waals surface area contributed by atoms with Crippen LogP contribution in [0, 0.1) is 5.41 Å². The summed E-state index contributed by atoms with van der Waals surface area (Å²) >= 11 is 0. The second kappa shape index (κ2) is 3.31. The van der Waals surface area contributed by atoms with E-state index in [4.69, 9.17) is 9.47 Å². The van der Waals surface area contributed by atoms with Crippen LogP contribution >= 0.6 is 0 Å². The summed E-state index contributed by atoms with van der Waals surface area (Å²) in [6.07, 6.45) is 1.40. The van der Waals surface area contributed by atoms with E-state index in [1.165, 1.54) is 11.1 Å². The smallest absolute Gasteiger partial charge is 0.156 e. The van der Waals surface area contributed by atoms with Crippen molar-refractivity contribution in [1.29, 1.82) is 0 Å². The third kappa shape index (κ3) is 1.26. The number of rotatable bonds is 0. The van der Waals surface area contributed by atoms with Gasteiger partial charge in [-0.2, -0.15) is 0 Å². The molecule has 16 heavy (non-hydrogen) atoms. The molecule has 4 atom stereocenters. The fraction of sp³-hybridized carbons (Fsp3) is 0.571. The van der Waals surface area contributed by atoms with Crippen molar-refractivity contribution in [2.75, 3.05) is 0 Å². The van der Waals surface area contributed by atoms with E-state index in [0.717, 1.165) is 6.42 Å². The van der Waals surface area contributed by atoms with Gasteiger partial charge in [0.2, 0.25) is 0 Å². The molecule has 0 amide bonds. The van der Waals surface area contributed by atoms with Gasteiger partial charge in [-0.05, 0) is 31.4 Å². The van der Waals surface area contributed by atoms with Gasteiger partial charge in [-0.25, -0.2) is 0 Å². The van der Waals surface area contributed by atoms with Crippen molar-refractivity contribution >= 4 is 0 Å². The summed E-state index contributed by atoms with van der Waals surface area (Å²) in [6.45, 7) is 6.42. The molecule has 86 valence electrons. The van der Waals surface area contributed by atoms with Gasteiger partial charge < -0.3 is 9.47 Å². The van der Waals surface area contributed by atoms with E-state index >= 15 is 0 Å². The minimum Gasteiger partial charge on any atom is -0.349 e. The Balaban J connectivity index is 2.06. The molecule has 1 aromatic rings. The summed E-state index contributed by atoms with van der Waals surface area (Å²) < 4.78 is 11.8. The van der Waals surface area contributed by atoms with E-state index in [2.05, 4.69) is 38.1 Å². The van der Waals surface area contributed by atoms with Gasteiger partial charge in [0.15, 0.2) is 6.29 Å². The molecular weight excluding hydrogens is 200 g/mol. The van der Waals surface area contributed by atoms with Gasteiger partial charge in [-0.1, -0.05) is 31.2 Å². The fourth-order valence-corrected chi connectivity index (χ4v) is 3.06. The third-order valence-electron chi connectivity index (χ3n) is 4.16. The number of benzene rings is 1. The lowest BCUT2D eigenvalue weighted by atomic mass is 9.79. The highest BCUT2D eigenvalue weighted by molar-refractivity contribution is 5.37. The first-order valence-electron chi connectivity index (χ1n) is 6.00. The number of hydrogen-bond acceptors (Lipinski definition) is 2. The topological polar surface area (TPSA) is 18.5 Å². The van der Waals surface area contributed by atoms with E-state index in [9.17, 15) is 0 Å². The Morgan fingerprint density at radius 2 is 1.94 bits per heavy atom. The molecule has 3 rings (SSSR count). The number of ether oxygens (including phenoxy) is 2. The van der Waals surface area contributed by atoms with Crippen molar-refractivity contribution in [3.63, 3.8) is 0 Å². The third-order valence-corrected chi connectivity index (χ3v) is 4.16. The fourth-order valence-electron chi connectivity index (χ4n) is 3.06. The lowest BCUT2D eigenvalue weighted by molar-refractivity contribution is -0.284. The molecule has 1 aliphatic heterocycles. The van der Waals surface area contributed by atoms with E-state index < -0.39 is 0 Å². The van der Waals surface area contributed by atoms with E-state index in [1.807, 2.05) is 6.92 Å². The van der Waals surface area contributed by atoms with Gasteiger partial charge in [0.1, 0.15) is 0 Å². The van der Waals surface area contributed by atoms with Gasteiger partial charge in [-0.3, -0.25) is 0 Å². The summed E-state index contributed by atoms with van der Waals surface area (Å²) in [5, 5.41) is 0. The maximum Gasteiger partial charge on any atom is 0.156 e. The van der Waals surface area contributed by atoms with E-state index in [0.29, 0.717) is 0 Å². The molecule has 0 saturated carbocycles. The Morgan fingerprint density at radius 1 is 1.19 bits per heavy atom. The maximum absolute atomic E-state index is 5.99. The molecule has 0 bridgehead atoms. The first-order chi connectivity index (χ1) is 7.61. The zero-order valence-electron chi connectivity index (χ0n) is 10.1. The normalized spacial score (nSPS) is 41.6. The summed E-state index contributed by atoms with van der Waals surface area (Å²) in [5.41, 5.74) is 2.86. The average molecular weight is 218 g/mol. The SMILES string of the molecule is C[C@H]1O[C@@H]2c3ccccc3C[C@@]2(C)[C@@H](C)O1. The van der Waals surface area contributed by atoms with Crippen LogP contribution in [0.1, 0.15) is 38.0 Å². The van der Waals surface area contributed by atoms with Crippen molar-refractivity contribution in [1.82, 2.24) is 0 Å². The first-order valence-corrected chi connectivity index (χ1v) is 6.00. The summed E-state index contributed by atoms with van der Waals surface area (Å²) in [6, 6.07) is 8.60. The molecule has 2 nitrogen and oxygen atoms in total. The average Bonchev–Trinajstić information content (AvgIpc) is 2.53. The minimum atomic E-state index is -0.0979. The Bertz CT molecular complexity index is 415. The van der Waals surface area contributed by atoms with Crippen LogP contribution in [0.2, 0.25) is 0 Å².